The van der Waals surface area contributed by atoms with E-state index in [1.807, 2.05) is 6.08 Å². The summed E-state index contributed by atoms with van der Waals surface area (Å²) in [7, 11) is 0. The molecule has 0 aromatic heterocycles. The third-order valence-electron chi connectivity index (χ3n) is 5.98. The van der Waals surface area contributed by atoms with E-state index in [9.17, 15) is 9.90 Å². The van der Waals surface area contributed by atoms with Crippen molar-refractivity contribution in [3.05, 3.63) is 11.6 Å². The van der Waals surface area contributed by atoms with Gasteiger partial charge in [-0.05, 0) is 38.0 Å². The molecule has 0 radical (unpaired) electrons. The number of fused-ring (bicyclic) bond motifs is 1. The molecule has 5 rings (SSSR count). The van der Waals surface area contributed by atoms with Crippen molar-refractivity contribution in [3.8, 4) is 0 Å². The molecule has 0 aromatic rings. The van der Waals surface area contributed by atoms with Crippen molar-refractivity contribution in [2.24, 2.45) is 28.9 Å². The predicted molar refractivity (Wildman–Crippen MR) is 70.9 cm³/mol. The molecule has 5 fully saturated rings. The Labute approximate surface area is 114 Å². The van der Waals surface area contributed by atoms with Gasteiger partial charge in [0.2, 0.25) is 5.91 Å². The Morgan fingerprint density at radius 3 is 2.89 bits per heavy atom. The highest BCUT2D eigenvalue weighted by molar-refractivity contribution is 5.91. The smallest absolute Gasteiger partial charge is 0.244 e. The van der Waals surface area contributed by atoms with E-state index in [0.717, 1.165) is 19.3 Å². The van der Waals surface area contributed by atoms with Crippen LogP contribution in [0.4, 0.5) is 0 Å². The number of hydrogen-bond acceptors (Lipinski definition) is 3. The van der Waals surface area contributed by atoms with E-state index in [1.54, 1.807) is 6.92 Å². The molecule has 3 N–H and O–H groups in total. The molecule has 3 saturated carbocycles. The highest BCUT2D eigenvalue weighted by atomic mass is 16.6. The number of primary amides is 1. The number of nitrogens with two attached hydrogens (primary N) is 1. The van der Waals surface area contributed by atoms with Gasteiger partial charge in [0.05, 0.1) is 6.61 Å². The number of allylic oxidation sites excluding steroid dienone is 1. The first kappa shape index (κ1) is 13.1. The molecule has 2 aliphatic heterocycles. The van der Waals surface area contributed by atoms with Gasteiger partial charge in [-0.2, -0.15) is 0 Å². The van der Waals surface area contributed by atoms with Crippen LogP contribution in [0.2, 0.25) is 0 Å². The highest BCUT2D eigenvalue weighted by Crippen LogP contribution is 2.69. The Bertz CT molecular complexity index is 447. The summed E-state index contributed by atoms with van der Waals surface area (Å²) in [5, 5.41) is 10.4. The van der Waals surface area contributed by atoms with Crippen molar-refractivity contribution < 1.29 is 14.6 Å². The fourth-order valence-electron chi connectivity index (χ4n) is 4.55. The quantitative estimate of drug-likeness (QED) is 0.758. The minimum Gasteiger partial charge on any atom is -0.366 e. The summed E-state index contributed by atoms with van der Waals surface area (Å²) < 4.78 is 5.73. The van der Waals surface area contributed by atoms with Crippen LogP contribution < -0.4 is 5.73 Å². The largest absolute Gasteiger partial charge is 0.366 e. The molecular formula is C15H23NO3. The maximum atomic E-state index is 11.0. The lowest BCUT2D eigenvalue weighted by Crippen LogP contribution is -2.71. The Kier molecular flexibility index (Phi) is 2.81. The molecule has 19 heavy (non-hydrogen) atoms. The molecule has 2 saturated heterocycles. The molecule has 3 aliphatic carbocycles. The number of ether oxygens (including phenoxy) is 1. The zero-order chi connectivity index (χ0) is 13.8. The van der Waals surface area contributed by atoms with Crippen LogP contribution in [0.1, 0.15) is 39.5 Å². The van der Waals surface area contributed by atoms with Gasteiger partial charge in [0.25, 0.3) is 0 Å². The van der Waals surface area contributed by atoms with E-state index in [4.69, 9.17) is 10.5 Å². The van der Waals surface area contributed by atoms with Crippen molar-refractivity contribution in [1.29, 1.82) is 0 Å². The van der Waals surface area contributed by atoms with Crippen molar-refractivity contribution in [2.45, 2.75) is 45.3 Å². The lowest BCUT2D eigenvalue weighted by Gasteiger charge is -2.70. The molecule has 5 aliphatic rings. The second-order valence-corrected chi connectivity index (χ2v) is 6.69. The maximum absolute atomic E-state index is 11.0. The summed E-state index contributed by atoms with van der Waals surface area (Å²) in [6.45, 7) is 4.55. The number of aliphatic hydroxyl groups is 1. The van der Waals surface area contributed by atoms with Gasteiger partial charge >= 0.3 is 0 Å². The Morgan fingerprint density at radius 1 is 1.58 bits per heavy atom. The molecular weight excluding hydrogens is 242 g/mol. The van der Waals surface area contributed by atoms with Crippen molar-refractivity contribution in [3.63, 3.8) is 0 Å². The van der Waals surface area contributed by atoms with Crippen molar-refractivity contribution >= 4 is 5.91 Å². The summed E-state index contributed by atoms with van der Waals surface area (Å²) in [5.74, 6) is 0.192. The molecule has 4 heteroatoms. The fraction of sp³-hybridized carbons (Fsp3) is 0.800. The third-order valence-corrected chi connectivity index (χ3v) is 5.98. The van der Waals surface area contributed by atoms with Gasteiger partial charge in [-0.1, -0.05) is 13.0 Å². The Morgan fingerprint density at radius 2 is 2.32 bits per heavy atom. The summed E-state index contributed by atoms with van der Waals surface area (Å²) in [6.07, 6.45) is 5.86. The topological polar surface area (TPSA) is 72.6 Å². The molecule has 1 amide bonds. The van der Waals surface area contributed by atoms with Gasteiger partial charge in [0.15, 0.2) is 5.79 Å². The minimum absolute atomic E-state index is 0.229. The molecule has 2 heterocycles. The molecule has 106 valence electrons. The number of carbonyl (C=O) groups is 1. The van der Waals surface area contributed by atoms with Crippen LogP contribution in [-0.2, 0) is 9.53 Å². The molecule has 4 nitrogen and oxygen atoms in total. The second-order valence-electron chi connectivity index (χ2n) is 6.69. The predicted octanol–water partition coefficient (Wildman–Crippen LogP) is 1.58. The zero-order valence-electron chi connectivity index (χ0n) is 11.7. The molecule has 0 aromatic carbocycles. The zero-order valence-corrected chi connectivity index (χ0v) is 11.7. The van der Waals surface area contributed by atoms with Gasteiger partial charge in [0, 0.05) is 23.3 Å². The van der Waals surface area contributed by atoms with Gasteiger partial charge in [-0.15, -0.1) is 0 Å². The van der Waals surface area contributed by atoms with E-state index >= 15 is 0 Å². The van der Waals surface area contributed by atoms with E-state index in [2.05, 4.69) is 6.92 Å². The summed E-state index contributed by atoms with van der Waals surface area (Å²) in [4.78, 5) is 11.0. The molecule has 5 unspecified atom stereocenters. The monoisotopic (exact) mass is 265 g/mol. The van der Waals surface area contributed by atoms with Crippen LogP contribution in [0.5, 0.6) is 0 Å². The maximum Gasteiger partial charge on any atom is 0.244 e. The number of rotatable bonds is 4. The lowest BCUT2D eigenvalue weighted by molar-refractivity contribution is -0.395. The Balaban J connectivity index is 1.69. The second kappa shape index (κ2) is 4.06. The van der Waals surface area contributed by atoms with E-state index < -0.39 is 5.79 Å². The Hall–Kier alpha value is -0.870. The van der Waals surface area contributed by atoms with Crippen molar-refractivity contribution in [2.75, 3.05) is 6.61 Å². The normalized spacial score (nSPS) is 47.9. The van der Waals surface area contributed by atoms with Crippen LogP contribution in [0.3, 0.4) is 0 Å². The standard InChI is InChI=1S/C15H23NO3/c1-9(13(16)17)4-3-5-14-8-19-15(18)7-11(14)6-12(14)10(15)2/h4,10-12,18H,3,5-8H2,1-2H3,(H2,16,17). The fourth-order valence-corrected chi connectivity index (χ4v) is 4.55. The lowest BCUT2D eigenvalue weighted by atomic mass is 9.40. The minimum atomic E-state index is -0.867. The summed E-state index contributed by atoms with van der Waals surface area (Å²) >= 11 is 0. The summed E-state index contributed by atoms with van der Waals surface area (Å²) in [5.41, 5.74) is 6.11. The van der Waals surface area contributed by atoms with Crippen LogP contribution in [-0.4, -0.2) is 23.4 Å². The van der Waals surface area contributed by atoms with Gasteiger partial charge in [0.1, 0.15) is 0 Å². The molecule has 4 bridgehead atoms. The van der Waals surface area contributed by atoms with Crippen LogP contribution >= 0.6 is 0 Å². The van der Waals surface area contributed by atoms with Gasteiger partial charge in [-0.25, -0.2) is 0 Å². The van der Waals surface area contributed by atoms with Crippen LogP contribution in [0.25, 0.3) is 0 Å². The summed E-state index contributed by atoms with van der Waals surface area (Å²) in [6, 6.07) is 0. The van der Waals surface area contributed by atoms with Gasteiger partial charge in [-0.3, -0.25) is 4.79 Å². The number of amides is 1. The van der Waals surface area contributed by atoms with Crippen LogP contribution in [0, 0.1) is 23.2 Å². The first-order chi connectivity index (χ1) is 8.89. The van der Waals surface area contributed by atoms with E-state index in [0.29, 0.717) is 24.0 Å². The average molecular weight is 265 g/mol. The third kappa shape index (κ3) is 1.69. The molecule has 0 spiro atoms. The van der Waals surface area contributed by atoms with E-state index in [-0.39, 0.29) is 17.2 Å². The first-order valence-electron chi connectivity index (χ1n) is 7.22. The number of carbonyl (C=O) groups excluding carboxylic acids is 1. The molecule has 5 atom stereocenters. The number of hydrogen-bond donors (Lipinski definition) is 2. The first-order valence-corrected chi connectivity index (χ1v) is 7.22. The van der Waals surface area contributed by atoms with E-state index in [1.165, 1.54) is 6.42 Å². The van der Waals surface area contributed by atoms with Crippen molar-refractivity contribution in [1.82, 2.24) is 0 Å². The SMILES string of the molecule is CC(=CCCC12COC3(O)CC1CC2C3C)C(N)=O. The highest BCUT2D eigenvalue weighted by Gasteiger charge is 2.69. The van der Waals surface area contributed by atoms with Crippen LogP contribution in [0.15, 0.2) is 11.6 Å². The van der Waals surface area contributed by atoms with Gasteiger partial charge < -0.3 is 15.6 Å². The average Bonchev–Trinajstić information content (AvgIpc) is 2.34.